The van der Waals surface area contributed by atoms with Crippen LogP contribution in [0.5, 0.6) is 5.75 Å². The fourth-order valence-corrected chi connectivity index (χ4v) is 2.48. The fraction of sp³-hybridized carbons (Fsp3) is 0.600. The van der Waals surface area contributed by atoms with E-state index in [1.807, 2.05) is 24.3 Å². The van der Waals surface area contributed by atoms with E-state index in [0.29, 0.717) is 13.2 Å². The molecule has 0 amide bonds. The van der Waals surface area contributed by atoms with Crippen molar-refractivity contribution in [1.82, 2.24) is 9.80 Å². The molecule has 20 heavy (non-hydrogen) atoms. The van der Waals surface area contributed by atoms with Gasteiger partial charge in [0.1, 0.15) is 12.4 Å². The van der Waals surface area contributed by atoms with Gasteiger partial charge >= 0.3 is 0 Å². The first-order chi connectivity index (χ1) is 9.83. The first kappa shape index (κ1) is 15.3. The highest BCUT2D eigenvalue weighted by Crippen LogP contribution is 2.16. The van der Waals surface area contributed by atoms with Gasteiger partial charge in [-0.3, -0.25) is 9.80 Å². The number of rotatable bonds is 7. The van der Waals surface area contributed by atoms with E-state index in [0.717, 1.165) is 50.6 Å². The van der Waals surface area contributed by atoms with E-state index in [1.54, 1.807) is 0 Å². The summed E-state index contributed by atoms with van der Waals surface area (Å²) in [6, 6.07) is 7.93. The Kier molecular flexibility index (Phi) is 6.26. The molecule has 1 aliphatic heterocycles. The van der Waals surface area contributed by atoms with Crippen LogP contribution in [0.2, 0.25) is 0 Å². The maximum atomic E-state index is 8.92. The van der Waals surface area contributed by atoms with Gasteiger partial charge in [-0.05, 0) is 6.07 Å². The van der Waals surface area contributed by atoms with Crippen LogP contribution in [0.15, 0.2) is 24.3 Å². The van der Waals surface area contributed by atoms with Crippen LogP contribution in [-0.4, -0.2) is 67.4 Å². The lowest BCUT2D eigenvalue weighted by atomic mass is 10.2. The summed E-state index contributed by atoms with van der Waals surface area (Å²) in [6.45, 7) is 7.32. The van der Waals surface area contributed by atoms with Crippen LogP contribution in [-0.2, 0) is 6.54 Å². The van der Waals surface area contributed by atoms with Gasteiger partial charge in [0.25, 0.3) is 0 Å². The second kappa shape index (κ2) is 8.21. The summed E-state index contributed by atoms with van der Waals surface area (Å²) in [5.74, 6) is 0.897. The van der Waals surface area contributed by atoms with Crippen LogP contribution in [0.25, 0.3) is 0 Å². The molecule has 3 N–H and O–H groups in total. The summed E-state index contributed by atoms with van der Waals surface area (Å²) in [7, 11) is 0. The minimum atomic E-state index is 0.249. The highest BCUT2D eigenvalue weighted by atomic mass is 16.5. The standard InChI is InChI=1S/C15H25N3O2/c16-13-14-3-1-2-4-15(14)20-12-10-18-7-5-17(6-8-18)9-11-19/h1-4,19H,5-13,16H2. The highest BCUT2D eigenvalue weighted by Gasteiger charge is 2.15. The quantitative estimate of drug-likeness (QED) is 0.743. The molecule has 112 valence electrons. The van der Waals surface area contributed by atoms with Crippen LogP contribution in [0.3, 0.4) is 0 Å². The number of nitrogens with two attached hydrogens (primary N) is 1. The SMILES string of the molecule is NCc1ccccc1OCCN1CCN(CCO)CC1. The van der Waals surface area contributed by atoms with E-state index in [2.05, 4.69) is 9.80 Å². The molecule has 2 rings (SSSR count). The smallest absolute Gasteiger partial charge is 0.123 e. The first-order valence-corrected chi connectivity index (χ1v) is 7.30. The molecule has 0 spiro atoms. The van der Waals surface area contributed by atoms with E-state index in [9.17, 15) is 0 Å². The number of nitrogens with zero attached hydrogens (tertiary/aromatic N) is 2. The molecular formula is C15H25N3O2. The molecule has 5 nitrogen and oxygen atoms in total. The van der Waals surface area contributed by atoms with Crippen LogP contribution >= 0.6 is 0 Å². The van der Waals surface area contributed by atoms with E-state index in [1.165, 1.54) is 0 Å². The van der Waals surface area contributed by atoms with Crippen LogP contribution < -0.4 is 10.5 Å². The monoisotopic (exact) mass is 279 g/mol. The summed E-state index contributed by atoms with van der Waals surface area (Å²) in [6.07, 6.45) is 0. The Morgan fingerprint density at radius 3 is 2.35 bits per heavy atom. The molecule has 0 atom stereocenters. The highest BCUT2D eigenvalue weighted by molar-refractivity contribution is 5.32. The maximum Gasteiger partial charge on any atom is 0.123 e. The van der Waals surface area contributed by atoms with Gasteiger partial charge in [-0.25, -0.2) is 0 Å². The predicted octanol–water partition coefficient (Wildman–Crippen LogP) is 0.134. The molecule has 0 radical (unpaired) electrons. The van der Waals surface area contributed by atoms with Crippen molar-refractivity contribution < 1.29 is 9.84 Å². The number of benzene rings is 1. The normalized spacial score (nSPS) is 17.3. The van der Waals surface area contributed by atoms with Crippen molar-refractivity contribution in [2.45, 2.75) is 6.54 Å². The minimum absolute atomic E-state index is 0.249. The lowest BCUT2D eigenvalue weighted by Gasteiger charge is -2.34. The zero-order valence-corrected chi connectivity index (χ0v) is 12.0. The summed E-state index contributed by atoms with van der Waals surface area (Å²) < 4.78 is 5.83. The second-order valence-corrected chi connectivity index (χ2v) is 5.07. The molecule has 0 unspecified atom stereocenters. The van der Waals surface area contributed by atoms with Crippen molar-refractivity contribution in [3.63, 3.8) is 0 Å². The van der Waals surface area contributed by atoms with Gasteiger partial charge in [0.2, 0.25) is 0 Å². The number of aliphatic hydroxyl groups is 1. The Morgan fingerprint density at radius 1 is 1.05 bits per heavy atom. The summed E-state index contributed by atoms with van der Waals surface area (Å²) in [5, 5.41) is 8.92. The molecule has 1 aromatic carbocycles. The molecule has 0 bridgehead atoms. The average molecular weight is 279 g/mol. The molecule has 1 aliphatic rings. The van der Waals surface area contributed by atoms with Crippen molar-refractivity contribution in [1.29, 1.82) is 0 Å². The predicted molar refractivity (Wildman–Crippen MR) is 79.8 cm³/mol. The van der Waals surface area contributed by atoms with Crippen molar-refractivity contribution in [3.8, 4) is 5.75 Å². The zero-order valence-electron chi connectivity index (χ0n) is 12.0. The fourth-order valence-electron chi connectivity index (χ4n) is 2.48. The third-order valence-corrected chi connectivity index (χ3v) is 3.74. The first-order valence-electron chi connectivity index (χ1n) is 7.30. The molecule has 0 aromatic heterocycles. The third kappa shape index (κ3) is 4.45. The largest absolute Gasteiger partial charge is 0.492 e. The number of piperazine rings is 1. The third-order valence-electron chi connectivity index (χ3n) is 3.74. The number of hydrogen-bond donors (Lipinski definition) is 2. The van der Waals surface area contributed by atoms with Crippen molar-refractivity contribution in [2.24, 2.45) is 5.73 Å². The summed E-state index contributed by atoms with van der Waals surface area (Å²) in [5.41, 5.74) is 6.75. The van der Waals surface area contributed by atoms with Crippen molar-refractivity contribution in [3.05, 3.63) is 29.8 Å². The second-order valence-electron chi connectivity index (χ2n) is 5.07. The van der Waals surface area contributed by atoms with E-state index >= 15 is 0 Å². The van der Waals surface area contributed by atoms with Gasteiger partial charge in [0.05, 0.1) is 6.61 Å². The van der Waals surface area contributed by atoms with Gasteiger partial charge in [0, 0.05) is 51.4 Å². The van der Waals surface area contributed by atoms with E-state index in [4.69, 9.17) is 15.6 Å². The van der Waals surface area contributed by atoms with Gasteiger partial charge in [-0.2, -0.15) is 0 Å². The maximum absolute atomic E-state index is 8.92. The van der Waals surface area contributed by atoms with Gasteiger partial charge in [-0.15, -0.1) is 0 Å². The Balaban J connectivity index is 1.69. The van der Waals surface area contributed by atoms with E-state index < -0.39 is 0 Å². The lowest BCUT2D eigenvalue weighted by Crippen LogP contribution is -2.48. The van der Waals surface area contributed by atoms with Crippen molar-refractivity contribution >= 4 is 0 Å². The minimum Gasteiger partial charge on any atom is -0.492 e. The lowest BCUT2D eigenvalue weighted by molar-refractivity contribution is 0.101. The molecule has 0 saturated carbocycles. The van der Waals surface area contributed by atoms with Gasteiger partial charge < -0.3 is 15.6 Å². The molecule has 1 heterocycles. The molecule has 1 saturated heterocycles. The van der Waals surface area contributed by atoms with Crippen LogP contribution in [0.1, 0.15) is 5.56 Å². The van der Waals surface area contributed by atoms with Crippen molar-refractivity contribution in [2.75, 3.05) is 52.5 Å². The van der Waals surface area contributed by atoms with Crippen LogP contribution in [0, 0.1) is 0 Å². The molecule has 1 aromatic rings. The number of aliphatic hydroxyl groups excluding tert-OH is 1. The zero-order chi connectivity index (χ0) is 14.2. The van der Waals surface area contributed by atoms with E-state index in [-0.39, 0.29) is 6.61 Å². The number of ether oxygens (including phenoxy) is 1. The average Bonchev–Trinajstić information content (AvgIpc) is 2.50. The van der Waals surface area contributed by atoms with Gasteiger partial charge in [0.15, 0.2) is 0 Å². The number of hydrogen-bond acceptors (Lipinski definition) is 5. The molecule has 1 fully saturated rings. The Morgan fingerprint density at radius 2 is 1.70 bits per heavy atom. The molecule has 0 aliphatic carbocycles. The Hall–Kier alpha value is -1.14. The Bertz CT molecular complexity index is 392. The molecule has 5 heteroatoms. The Labute approximate surface area is 120 Å². The van der Waals surface area contributed by atoms with Crippen LogP contribution in [0.4, 0.5) is 0 Å². The molecular weight excluding hydrogens is 254 g/mol. The topological polar surface area (TPSA) is 62.0 Å². The number of β-amino-alcohol motifs (C(OH)–C–C–N with tert-alkyl or cyclic N) is 1. The number of para-hydroxylation sites is 1. The summed E-state index contributed by atoms with van der Waals surface area (Å²) in [4.78, 5) is 4.69. The summed E-state index contributed by atoms with van der Waals surface area (Å²) >= 11 is 0. The van der Waals surface area contributed by atoms with Gasteiger partial charge in [-0.1, -0.05) is 18.2 Å².